The lowest BCUT2D eigenvalue weighted by Crippen LogP contribution is -2.30. The molecular weight excluding hydrogens is 206 g/mol. The number of rotatable bonds is 4. The highest BCUT2D eigenvalue weighted by molar-refractivity contribution is 7.11. The van der Waals surface area contributed by atoms with Crippen LogP contribution in [0.3, 0.4) is 0 Å². The lowest BCUT2D eigenvalue weighted by atomic mass is 10.0. The molecule has 0 aromatic carbocycles. The van der Waals surface area contributed by atoms with Crippen molar-refractivity contribution in [2.75, 3.05) is 13.1 Å². The zero-order valence-electron chi connectivity index (χ0n) is 9.42. The van der Waals surface area contributed by atoms with Gasteiger partial charge in [-0.3, -0.25) is 0 Å². The van der Waals surface area contributed by atoms with Crippen molar-refractivity contribution in [1.82, 2.24) is 15.6 Å². The molecule has 1 aromatic heterocycles. The highest BCUT2D eigenvalue weighted by Gasteiger charge is 2.21. The van der Waals surface area contributed by atoms with Gasteiger partial charge in [0.2, 0.25) is 0 Å². The molecular formula is C11H19N3S. The van der Waals surface area contributed by atoms with Crippen molar-refractivity contribution in [2.45, 2.75) is 32.9 Å². The monoisotopic (exact) mass is 225 g/mol. The van der Waals surface area contributed by atoms with E-state index < -0.39 is 0 Å². The maximum absolute atomic E-state index is 4.34. The molecule has 1 aliphatic rings. The highest BCUT2D eigenvalue weighted by Crippen LogP contribution is 2.14. The van der Waals surface area contributed by atoms with E-state index in [0.29, 0.717) is 6.04 Å². The van der Waals surface area contributed by atoms with Crippen molar-refractivity contribution < 1.29 is 0 Å². The Morgan fingerprint density at radius 1 is 1.67 bits per heavy atom. The van der Waals surface area contributed by atoms with E-state index in [-0.39, 0.29) is 0 Å². The standard InChI is InChI=1S/C11H19N3S/c1-8-5-14-11(15-8)7-12-6-10-3-4-13-9(10)2/h5,9-10,12-13H,3-4,6-7H2,1-2H3. The zero-order chi connectivity index (χ0) is 10.7. The van der Waals surface area contributed by atoms with E-state index in [1.807, 2.05) is 6.20 Å². The molecule has 2 unspecified atom stereocenters. The van der Waals surface area contributed by atoms with Gasteiger partial charge in [0.25, 0.3) is 0 Å². The fourth-order valence-electron chi connectivity index (χ4n) is 2.04. The largest absolute Gasteiger partial charge is 0.314 e. The van der Waals surface area contributed by atoms with Crippen LogP contribution in [-0.4, -0.2) is 24.1 Å². The van der Waals surface area contributed by atoms with Crippen molar-refractivity contribution in [3.63, 3.8) is 0 Å². The first-order chi connectivity index (χ1) is 7.25. The number of aryl methyl sites for hydroxylation is 1. The second kappa shape index (κ2) is 5.05. The first kappa shape index (κ1) is 11.0. The van der Waals surface area contributed by atoms with Crippen molar-refractivity contribution in [1.29, 1.82) is 0 Å². The maximum Gasteiger partial charge on any atom is 0.107 e. The Balaban J connectivity index is 1.70. The molecule has 15 heavy (non-hydrogen) atoms. The molecule has 4 heteroatoms. The van der Waals surface area contributed by atoms with E-state index in [0.717, 1.165) is 19.0 Å². The lowest BCUT2D eigenvalue weighted by Gasteiger charge is -2.14. The highest BCUT2D eigenvalue weighted by atomic mass is 32.1. The van der Waals surface area contributed by atoms with E-state index in [4.69, 9.17) is 0 Å². The van der Waals surface area contributed by atoms with Crippen molar-refractivity contribution in [3.05, 3.63) is 16.1 Å². The van der Waals surface area contributed by atoms with Gasteiger partial charge in [0.15, 0.2) is 0 Å². The molecule has 1 saturated heterocycles. The molecule has 84 valence electrons. The van der Waals surface area contributed by atoms with Crippen molar-refractivity contribution >= 4 is 11.3 Å². The SMILES string of the molecule is Cc1cnc(CNCC2CCNC2C)s1. The van der Waals surface area contributed by atoms with Gasteiger partial charge in [-0.25, -0.2) is 4.98 Å². The fraction of sp³-hybridized carbons (Fsp3) is 0.727. The van der Waals surface area contributed by atoms with Crippen molar-refractivity contribution in [3.8, 4) is 0 Å². The van der Waals surface area contributed by atoms with Crippen molar-refractivity contribution in [2.24, 2.45) is 5.92 Å². The van der Waals surface area contributed by atoms with Gasteiger partial charge in [-0.1, -0.05) is 0 Å². The number of nitrogens with one attached hydrogen (secondary N) is 2. The summed E-state index contributed by atoms with van der Waals surface area (Å²) in [7, 11) is 0. The summed E-state index contributed by atoms with van der Waals surface area (Å²) in [5, 5.41) is 8.16. The van der Waals surface area contributed by atoms with Gasteiger partial charge >= 0.3 is 0 Å². The number of hydrogen-bond acceptors (Lipinski definition) is 4. The van der Waals surface area contributed by atoms with Crippen LogP contribution >= 0.6 is 11.3 Å². The van der Waals surface area contributed by atoms with E-state index in [2.05, 4.69) is 29.5 Å². The fourth-order valence-corrected chi connectivity index (χ4v) is 2.80. The predicted octanol–water partition coefficient (Wildman–Crippen LogP) is 1.54. The van der Waals surface area contributed by atoms with E-state index >= 15 is 0 Å². The summed E-state index contributed by atoms with van der Waals surface area (Å²) in [5.74, 6) is 0.783. The number of thiazole rings is 1. The first-order valence-electron chi connectivity index (χ1n) is 5.61. The zero-order valence-corrected chi connectivity index (χ0v) is 10.2. The summed E-state index contributed by atoms with van der Waals surface area (Å²) < 4.78 is 0. The molecule has 0 spiro atoms. The molecule has 0 aliphatic carbocycles. The van der Waals surface area contributed by atoms with Crippen LogP contribution in [-0.2, 0) is 6.54 Å². The predicted molar refractivity (Wildman–Crippen MR) is 64.1 cm³/mol. The van der Waals surface area contributed by atoms with E-state index in [9.17, 15) is 0 Å². The van der Waals surface area contributed by atoms with Crippen LogP contribution in [0.1, 0.15) is 23.2 Å². The molecule has 2 N–H and O–H groups in total. The van der Waals surface area contributed by atoms with Gasteiger partial charge in [0, 0.05) is 23.7 Å². The Bertz CT molecular complexity index is 311. The minimum absolute atomic E-state index is 0.663. The second-order valence-corrected chi connectivity index (χ2v) is 5.61. The smallest absolute Gasteiger partial charge is 0.107 e. The summed E-state index contributed by atoms with van der Waals surface area (Å²) in [4.78, 5) is 5.63. The average Bonchev–Trinajstić information content (AvgIpc) is 2.77. The number of aromatic nitrogens is 1. The van der Waals surface area contributed by atoms with Crippen LogP contribution < -0.4 is 10.6 Å². The molecule has 0 amide bonds. The van der Waals surface area contributed by atoms with E-state index in [1.54, 1.807) is 11.3 Å². The third-order valence-corrected chi connectivity index (χ3v) is 3.95. The Morgan fingerprint density at radius 3 is 3.13 bits per heavy atom. The van der Waals surface area contributed by atoms with Gasteiger partial charge in [-0.2, -0.15) is 0 Å². The molecule has 2 rings (SSSR count). The molecule has 2 heterocycles. The molecule has 3 nitrogen and oxygen atoms in total. The van der Waals surface area contributed by atoms with Crippen LogP contribution in [0.2, 0.25) is 0 Å². The minimum Gasteiger partial charge on any atom is -0.314 e. The normalized spacial score (nSPS) is 26.0. The Hall–Kier alpha value is -0.450. The number of nitrogens with zero attached hydrogens (tertiary/aromatic N) is 1. The summed E-state index contributed by atoms with van der Waals surface area (Å²) in [6, 6.07) is 0.663. The number of hydrogen-bond donors (Lipinski definition) is 2. The Labute approximate surface area is 95.3 Å². The van der Waals surface area contributed by atoms with E-state index in [1.165, 1.54) is 22.9 Å². The van der Waals surface area contributed by atoms with Crippen LogP contribution in [0.4, 0.5) is 0 Å². The van der Waals surface area contributed by atoms with Gasteiger partial charge in [-0.05, 0) is 39.3 Å². The van der Waals surface area contributed by atoms with Crippen LogP contribution in [0.5, 0.6) is 0 Å². The third-order valence-electron chi connectivity index (χ3n) is 3.04. The summed E-state index contributed by atoms with van der Waals surface area (Å²) >= 11 is 1.78. The third kappa shape index (κ3) is 3.00. The molecule has 0 bridgehead atoms. The lowest BCUT2D eigenvalue weighted by molar-refractivity contribution is 0.439. The molecule has 2 atom stereocenters. The summed E-state index contributed by atoms with van der Waals surface area (Å²) in [5.41, 5.74) is 0. The van der Waals surface area contributed by atoms with Gasteiger partial charge < -0.3 is 10.6 Å². The molecule has 1 fully saturated rings. The van der Waals surface area contributed by atoms with Gasteiger partial charge in [-0.15, -0.1) is 11.3 Å². The first-order valence-corrected chi connectivity index (χ1v) is 6.43. The van der Waals surface area contributed by atoms with Crippen LogP contribution in [0.25, 0.3) is 0 Å². The Morgan fingerprint density at radius 2 is 2.53 bits per heavy atom. The van der Waals surface area contributed by atoms with Gasteiger partial charge in [0.05, 0.1) is 0 Å². The second-order valence-electron chi connectivity index (χ2n) is 4.29. The minimum atomic E-state index is 0.663. The summed E-state index contributed by atoms with van der Waals surface area (Å²) in [6.45, 7) is 7.56. The molecule has 1 aliphatic heterocycles. The quantitative estimate of drug-likeness (QED) is 0.816. The molecule has 0 radical (unpaired) electrons. The molecule has 0 saturated carbocycles. The Kier molecular flexibility index (Phi) is 3.72. The van der Waals surface area contributed by atoms with Crippen LogP contribution in [0, 0.1) is 12.8 Å². The topological polar surface area (TPSA) is 37.0 Å². The van der Waals surface area contributed by atoms with Crippen LogP contribution in [0.15, 0.2) is 6.20 Å². The maximum atomic E-state index is 4.34. The van der Waals surface area contributed by atoms with Gasteiger partial charge in [0.1, 0.15) is 5.01 Å². The average molecular weight is 225 g/mol. The molecule has 1 aromatic rings. The summed E-state index contributed by atoms with van der Waals surface area (Å²) in [6.07, 6.45) is 3.24.